The number of ether oxygens (including phenoxy) is 1. The van der Waals surface area contributed by atoms with E-state index in [-0.39, 0.29) is 0 Å². The lowest BCUT2D eigenvalue weighted by atomic mass is 10.1. The maximum Gasteiger partial charge on any atom is 0.321 e. The number of halogens is 1. The Labute approximate surface area is 125 Å². The molecule has 0 spiro atoms. The van der Waals surface area contributed by atoms with Crippen molar-refractivity contribution in [3.8, 4) is 5.75 Å². The summed E-state index contributed by atoms with van der Waals surface area (Å²) in [5, 5.41) is 8.96. The second-order valence-electron chi connectivity index (χ2n) is 4.68. The fourth-order valence-electron chi connectivity index (χ4n) is 1.46. The maximum atomic E-state index is 10.9. The van der Waals surface area contributed by atoms with Gasteiger partial charge in [-0.15, -0.1) is 11.8 Å². The van der Waals surface area contributed by atoms with Gasteiger partial charge in [-0.3, -0.25) is 4.79 Å². The third-order valence-electron chi connectivity index (χ3n) is 2.84. The Morgan fingerprint density at radius 2 is 2.21 bits per heavy atom. The molecular weight excluding hydrogens is 330 g/mol. The molecule has 0 aliphatic rings. The van der Waals surface area contributed by atoms with E-state index in [1.807, 2.05) is 32.0 Å². The van der Waals surface area contributed by atoms with Gasteiger partial charge in [0, 0.05) is 10.5 Å². The van der Waals surface area contributed by atoms with E-state index in [0.717, 1.165) is 15.8 Å². The van der Waals surface area contributed by atoms with Gasteiger partial charge in [0.25, 0.3) is 0 Å². The first-order valence-corrected chi connectivity index (χ1v) is 7.50. The van der Waals surface area contributed by atoms with Gasteiger partial charge in [-0.25, -0.2) is 0 Å². The van der Waals surface area contributed by atoms with E-state index in [2.05, 4.69) is 15.9 Å². The summed E-state index contributed by atoms with van der Waals surface area (Å²) in [6.45, 7) is 3.68. The van der Waals surface area contributed by atoms with E-state index in [1.165, 1.54) is 11.8 Å². The van der Waals surface area contributed by atoms with Gasteiger partial charge in [0.2, 0.25) is 0 Å². The van der Waals surface area contributed by atoms with Gasteiger partial charge in [-0.2, -0.15) is 0 Å². The highest BCUT2D eigenvalue weighted by molar-refractivity contribution is 9.10. The van der Waals surface area contributed by atoms with Crippen LogP contribution in [0.25, 0.3) is 0 Å². The van der Waals surface area contributed by atoms with Crippen molar-refractivity contribution in [3.63, 3.8) is 0 Å². The summed E-state index contributed by atoms with van der Waals surface area (Å²) >= 11 is 4.95. The molecule has 0 unspecified atom stereocenters. The standard InChI is InChI=1S/C13H18BrNO3S/c1-13(2,11(15)12(16)17)19-7-8-4-5-10(18-3)9(14)6-8/h4-6,11H,7,15H2,1-3H3,(H,16,17)/t11-/m1/s1. The Morgan fingerprint density at radius 3 is 2.68 bits per heavy atom. The Hall–Kier alpha value is -0.720. The first kappa shape index (κ1) is 16.3. The predicted molar refractivity (Wildman–Crippen MR) is 81.7 cm³/mol. The van der Waals surface area contributed by atoms with Crippen molar-refractivity contribution in [1.29, 1.82) is 0 Å². The van der Waals surface area contributed by atoms with Crippen LogP contribution < -0.4 is 10.5 Å². The van der Waals surface area contributed by atoms with Crippen molar-refractivity contribution in [2.24, 2.45) is 5.73 Å². The van der Waals surface area contributed by atoms with Crippen molar-refractivity contribution in [1.82, 2.24) is 0 Å². The molecular formula is C13H18BrNO3S. The van der Waals surface area contributed by atoms with E-state index in [0.29, 0.717) is 5.75 Å². The number of carboxylic acids is 1. The zero-order chi connectivity index (χ0) is 14.6. The average molecular weight is 348 g/mol. The lowest BCUT2D eigenvalue weighted by Gasteiger charge is -2.28. The van der Waals surface area contributed by atoms with Gasteiger partial charge in [0.15, 0.2) is 0 Å². The number of rotatable bonds is 6. The Morgan fingerprint density at radius 1 is 1.58 bits per heavy atom. The number of aliphatic carboxylic acids is 1. The molecule has 0 heterocycles. The van der Waals surface area contributed by atoms with Crippen LogP contribution in [0.15, 0.2) is 22.7 Å². The molecule has 19 heavy (non-hydrogen) atoms. The fourth-order valence-corrected chi connectivity index (χ4v) is 3.04. The fraction of sp³-hybridized carbons (Fsp3) is 0.462. The summed E-state index contributed by atoms with van der Waals surface area (Å²) in [6, 6.07) is 4.91. The summed E-state index contributed by atoms with van der Waals surface area (Å²) in [5.74, 6) is 0.486. The molecule has 0 saturated carbocycles. The molecule has 0 aliphatic carbocycles. The number of methoxy groups -OCH3 is 1. The number of carbonyl (C=O) groups is 1. The molecule has 0 radical (unpaired) electrons. The van der Waals surface area contributed by atoms with Gasteiger partial charge in [0.1, 0.15) is 11.8 Å². The molecule has 106 valence electrons. The zero-order valence-electron chi connectivity index (χ0n) is 11.1. The smallest absolute Gasteiger partial charge is 0.321 e. The quantitative estimate of drug-likeness (QED) is 0.827. The maximum absolute atomic E-state index is 10.9. The zero-order valence-corrected chi connectivity index (χ0v) is 13.5. The third-order valence-corrected chi connectivity index (χ3v) is 4.94. The van der Waals surface area contributed by atoms with E-state index in [9.17, 15) is 4.79 Å². The molecule has 3 N–H and O–H groups in total. The molecule has 1 aromatic carbocycles. The van der Waals surface area contributed by atoms with E-state index in [4.69, 9.17) is 15.6 Å². The van der Waals surface area contributed by atoms with Crippen molar-refractivity contribution in [3.05, 3.63) is 28.2 Å². The van der Waals surface area contributed by atoms with Crippen LogP contribution in [0.4, 0.5) is 0 Å². The summed E-state index contributed by atoms with van der Waals surface area (Å²) in [7, 11) is 1.61. The minimum atomic E-state index is -0.978. The summed E-state index contributed by atoms with van der Waals surface area (Å²) in [5.41, 5.74) is 6.77. The topological polar surface area (TPSA) is 72.5 Å². The molecule has 6 heteroatoms. The van der Waals surface area contributed by atoms with Gasteiger partial charge in [-0.1, -0.05) is 6.07 Å². The normalized spacial score (nSPS) is 13.1. The predicted octanol–water partition coefficient (Wildman–Crippen LogP) is 2.88. The number of nitrogens with two attached hydrogens (primary N) is 1. The highest BCUT2D eigenvalue weighted by atomic mass is 79.9. The molecule has 0 fully saturated rings. The summed E-state index contributed by atoms with van der Waals surface area (Å²) in [6.07, 6.45) is 0. The largest absolute Gasteiger partial charge is 0.496 e. The summed E-state index contributed by atoms with van der Waals surface area (Å²) < 4.78 is 5.52. The van der Waals surface area contributed by atoms with Gasteiger partial charge in [-0.05, 0) is 47.5 Å². The number of hydrogen-bond donors (Lipinski definition) is 2. The number of benzene rings is 1. The van der Waals surface area contributed by atoms with Crippen LogP contribution >= 0.6 is 27.7 Å². The molecule has 0 aliphatic heterocycles. The highest BCUT2D eigenvalue weighted by Gasteiger charge is 2.32. The van der Waals surface area contributed by atoms with Gasteiger partial charge >= 0.3 is 5.97 Å². The molecule has 1 rings (SSSR count). The summed E-state index contributed by atoms with van der Waals surface area (Å²) in [4.78, 5) is 10.9. The SMILES string of the molecule is COc1ccc(CSC(C)(C)[C@H](N)C(=O)O)cc1Br. The van der Waals surface area contributed by atoms with Crippen molar-refractivity contribution in [2.75, 3.05) is 7.11 Å². The van der Waals surface area contributed by atoms with Crippen molar-refractivity contribution in [2.45, 2.75) is 30.4 Å². The molecule has 1 aromatic rings. The Bertz CT molecular complexity index is 465. The highest BCUT2D eigenvalue weighted by Crippen LogP contribution is 2.33. The monoisotopic (exact) mass is 347 g/mol. The first-order valence-electron chi connectivity index (χ1n) is 5.72. The van der Waals surface area contributed by atoms with Crippen molar-refractivity contribution < 1.29 is 14.6 Å². The van der Waals surface area contributed by atoms with Crippen LogP contribution in [-0.2, 0) is 10.5 Å². The second-order valence-corrected chi connectivity index (χ2v) is 7.16. The van der Waals surface area contributed by atoms with Crippen LogP contribution in [0.2, 0.25) is 0 Å². The number of thioether (sulfide) groups is 1. The van der Waals surface area contributed by atoms with Crippen LogP contribution in [0.3, 0.4) is 0 Å². The van der Waals surface area contributed by atoms with Crippen LogP contribution in [-0.4, -0.2) is 29.0 Å². The molecule has 1 atom stereocenters. The van der Waals surface area contributed by atoms with Crippen LogP contribution in [0.1, 0.15) is 19.4 Å². The van der Waals surface area contributed by atoms with E-state index < -0.39 is 16.8 Å². The third kappa shape index (κ3) is 4.40. The number of carboxylic acid groups (broad SMARTS) is 1. The minimum Gasteiger partial charge on any atom is -0.496 e. The van der Waals surface area contributed by atoms with Crippen molar-refractivity contribution >= 4 is 33.7 Å². The molecule has 0 saturated heterocycles. The van der Waals surface area contributed by atoms with Crippen LogP contribution in [0, 0.1) is 0 Å². The molecule has 0 bridgehead atoms. The Kier molecular flexibility index (Phi) is 5.70. The number of hydrogen-bond acceptors (Lipinski definition) is 4. The van der Waals surface area contributed by atoms with E-state index in [1.54, 1.807) is 7.11 Å². The Balaban J connectivity index is 2.71. The lowest BCUT2D eigenvalue weighted by molar-refractivity contribution is -0.139. The van der Waals surface area contributed by atoms with E-state index >= 15 is 0 Å². The van der Waals surface area contributed by atoms with Gasteiger partial charge in [0.05, 0.1) is 11.6 Å². The molecule has 0 amide bonds. The molecule has 0 aromatic heterocycles. The first-order chi connectivity index (χ1) is 8.77. The lowest BCUT2D eigenvalue weighted by Crippen LogP contribution is -2.46. The van der Waals surface area contributed by atoms with Gasteiger partial charge < -0.3 is 15.6 Å². The van der Waals surface area contributed by atoms with Crippen LogP contribution in [0.5, 0.6) is 5.75 Å². The minimum absolute atomic E-state index is 0.530. The average Bonchev–Trinajstić information content (AvgIpc) is 2.35. The second kappa shape index (κ2) is 6.63. The molecule has 4 nitrogen and oxygen atoms in total.